The van der Waals surface area contributed by atoms with Crippen molar-refractivity contribution in [3.8, 4) is 0 Å². The second-order valence-corrected chi connectivity index (χ2v) is 9.80. The van der Waals surface area contributed by atoms with Crippen molar-refractivity contribution in [3.05, 3.63) is 29.8 Å². The van der Waals surface area contributed by atoms with Gasteiger partial charge in [0.2, 0.25) is 5.91 Å². The van der Waals surface area contributed by atoms with E-state index < -0.39 is 5.60 Å². The van der Waals surface area contributed by atoms with Crippen molar-refractivity contribution in [2.45, 2.75) is 56.4 Å². The number of β-amino-alcohol motifs (C(OH)–C–C–N with tert-alkyl or cyclic N) is 1. The van der Waals surface area contributed by atoms with E-state index in [4.69, 9.17) is 9.47 Å². The molecule has 2 atom stereocenters. The van der Waals surface area contributed by atoms with Crippen molar-refractivity contribution in [2.24, 2.45) is 0 Å². The number of aryl methyl sites for hydroxylation is 1. The van der Waals surface area contributed by atoms with Crippen molar-refractivity contribution >= 4 is 11.6 Å². The number of amides is 1. The van der Waals surface area contributed by atoms with Crippen LogP contribution in [0.2, 0.25) is 0 Å². The molecule has 0 spiro atoms. The minimum absolute atomic E-state index is 0.0526. The third-order valence-corrected chi connectivity index (χ3v) is 7.57. The fraction of sp³-hybridized carbons (Fsp3) is 0.708. The lowest BCUT2D eigenvalue weighted by Crippen LogP contribution is -2.59. The number of fused-ring (bicyclic) bond motifs is 1. The number of nitrogens with zero attached hydrogens (tertiary/aromatic N) is 3. The third kappa shape index (κ3) is 4.46. The predicted molar refractivity (Wildman–Crippen MR) is 118 cm³/mol. The number of ether oxygens (including phenoxy) is 2. The van der Waals surface area contributed by atoms with E-state index in [1.54, 1.807) is 0 Å². The first-order chi connectivity index (χ1) is 15.0. The SMILES string of the molecule is Cc1ccc(N2CCC(O)(CN3C[C@@H]4OCC(=O)N(C5CCOCC5)[C@H]4C3)CC2)cc1. The molecule has 1 aromatic rings. The number of anilines is 1. The van der Waals surface area contributed by atoms with Gasteiger partial charge >= 0.3 is 0 Å². The number of rotatable bonds is 4. The molecule has 7 nitrogen and oxygen atoms in total. The van der Waals surface area contributed by atoms with Crippen LogP contribution in [0.5, 0.6) is 0 Å². The van der Waals surface area contributed by atoms with E-state index in [0.717, 1.165) is 65.1 Å². The number of aliphatic hydroxyl groups is 1. The van der Waals surface area contributed by atoms with Crippen LogP contribution in [0.4, 0.5) is 5.69 Å². The molecule has 5 rings (SSSR count). The topological polar surface area (TPSA) is 65.5 Å². The normalized spacial score (nSPS) is 29.9. The van der Waals surface area contributed by atoms with Crippen molar-refractivity contribution in [1.82, 2.24) is 9.80 Å². The van der Waals surface area contributed by atoms with Crippen LogP contribution in [0, 0.1) is 6.92 Å². The van der Waals surface area contributed by atoms with Crippen LogP contribution >= 0.6 is 0 Å². The summed E-state index contributed by atoms with van der Waals surface area (Å²) in [4.78, 5) is 19.5. The third-order valence-electron chi connectivity index (χ3n) is 7.57. The number of hydrogen-bond acceptors (Lipinski definition) is 6. The molecule has 0 aromatic heterocycles. The Morgan fingerprint density at radius 1 is 1.10 bits per heavy atom. The summed E-state index contributed by atoms with van der Waals surface area (Å²) in [6.07, 6.45) is 3.39. The summed E-state index contributed by atoms with van der Waals surface area (Å²) in [6, 6.07) is 8.99. The summed E-state index contributed by atoms with van der Waals surface area (Å²) in [6.45, 7) is 7.71. The van der Waals surface area contributed by atoms with Crippen LogP contribution in [0.15, 0.2) is 24.3 Å². The van der Waals surface area contributed by atoms with E-state index in [2.05, 4.69) is 45.9 Å². The first-order valence-electron chi connectivity index (χ1n) is 11.8. The van der Waals surface area contributed by atoms with Crippen molar-refractivity contribution < 1.29 is 19.4 Å². The Bertz CT molecular complexity index is 772. The number of morpholine rings is 1. The maximum atomic E-state index is 12.7. The van der Waals surface area contributed by atoms with Gasteiger partial charge in [0.05, 0.1) is 17.7 Å². The van der Waals surface area contributed by atoms with Gasteiger partial charge in [0.1, 0.15) is 6.61 Å². The van der Waals surface area contributed by atoms with Crippen molar-refractivity contribution in [3.63, 3.8) is 0 Å². The Hall–Kier alpha value is -1.67. The van der Waals surface area contributed by atoms with E-state index >= 15 is 0 Å². The highest BCUT2D eigenvalue weighted by Gasteiger charge is 2.47. The number of hydrogen-bond donors (Lipinski definition) is 1. The Morgan fingerprint density at radius 2 is 1.81 bits per heavy atom. The molecule has 1 amide bonds. The van der Waals surface area contributed by atoms with Crippen LogP contribution in [0.1, 0.15) is 31.2 Å². The fourth-order valence-electron chi connectivity index (χ4n) is 5.78. The Morgan fingerprint density at radius 3 is 2.52 bits per heavy atom. The molecule has 0 saturated carbocycles. The standard InChI is InChI=1S/C24H35N3O4/c1-18-2-4-19(5-3-18)26-10-8-24(29,9-11-26)17-25-14-21-22(15-25)31-16-23(28)27(21)20-6-12-30-13-7-20/h2-5,20-22,29H,6-17H2,1H3/t21-,22-/m0/s1. The molecule has 1 N–H and O–H groups in total. The highest BCUT2D eigenvalue weighted by molar-refractivity contribution is 5.79. The molecule has 0 bridgehead atoms. The average Bonchev–Trinajstić information content (AvgIpc) is 3.17. The van der Waals surface area contributed by atoms with Crippen LogP contribution in [0.25, 0.3) is 0 Å². The number of carbonyl (C=O) groups excluding carboxylic acids is 1. The smallest absolute Gasteiger partial charge is 0.249 e. The first kappa shape index (κ1) is 21.2. The molecule has 170 valence electrons. The van der Waals surface area contributed by atoms with Gasteiger partial charge in [-0.15, -0.1) is 0 Å². The molecule has 4 saturated heterocycles. The number of piperidine rings is 1. The van der Waals surface area contributed by atoms with E-state index in [9.17, 15) is 9.90 Å². The second kappa shape index (κ2) is 8.70. The summed E-state index contributed by atoms with van der Waals surface area (Å²) in [5, 5.41) is 11.3. The highest BCUT2D eigenvalue weighted by Crippen LogP contribution is 2.32. The zero-order valence-corrected chi connectivity index (χ0v) is 18.5. The molecule has 7 heteroatoms. The lowest BCUT2D eigenvalue weighted by Gasteiger charge is -2.43. The minimum Gasteiger partial charge on any atom is -0.388 e. The molecule has 4 aliphatic rings. The van der Waals surface area contributed by atoms with Gasteiger partial charge in [-0.25, -0.2) is 0 Å². The molecular weight excluding hydrogens is 394 g/mol. The zero-order valence-electron chi connectivity index (χ0n) is 18.5. The molecule has 4 fully saturated rings. The number of likely N-dealkylation sites (tertiary alicyclic amines) is 1. The molecule has 0 aliphatic carbocycles. The lowest BCUT2D eigenvalue weighted by molar-refractivity contribution is -0.159. The molecule has 0 radical (unpaired) electrons. The van der Waals surface area contributed by atoms with Crippen LogP contribution < -0.4 is 4.90 Å². The van der Waals surface area contributed by atoms with Gasteiger partial charge in [-0.1, -0.05) is 17.7 Å². The predicted octanol–water partition coefficient (Wildman–Crippen LogP) is 1.42. The van der Waals surface area contributed by atoms with E-state index in [1.807, 2.05) is 0 Å². The van der Waals surface area contributed by atoms with E-state index in [1.165, 1.54) is 11.3 Å². The van der Waals surface area contributed by atoms with Gasteiger partial charge in [-0.3, -0.25) is 9.69 Å². The van der Waals surface area contributed by atoms with Crippen LogP contribution in [-0.4, -0.2) is 97.1 Å². The summed E-state index contributed by atoms with van der Waals surface area (Å²) >= 11 is 0. The largest absolute Gasteiger partial charge is 0.388 e. The maximum Gasteiger partial charge on any atom is 0.249 e. The minimum atomic E-state index is -0.678. The van der Waals surface area contributed by atoms with Gasteiger partial charge in [-0.2, -0.15) is 0 Å². The first-order valence-corrected chi connectivity index (χ1v) is 11.8. The molecule has 4 heterocycles. The Balaban J connectivity index is 1.19. The van der Waals surface area contributed by atoms with Gasteiger partial charge in [0.25, 0.3) is 0 Å². The summed E-state index contributed by atoms with van der Waals surface area (Å²) in [5.41, 5.74) is 1.82. The second-order valence-electron chi connectivity index (χ2n) is 9.80. The van der Waals surface area contributed by atoms with Crippen molar-refractivity contribution in [1.29, 1.82) is 0 Å². The number of benzene rings is 1. The van der Waals surface area contributed by atoms with E-state index in [0.29, 0.717) is 6.54 Å². The molecule has 1 aromatic carbocycles. The monoisotopic (exact) mass is 429 g/mol. The Kier molecular flexibility index (Phi) is 5.94. The maximum absolute atomic E-state index is 12.7. The molecule has 31 heavy (non-hydrogen) atoms. The van der Waals surface area contributed by atoms with Gasteiger partial charge in [0.15, 0.2) is 0 Å². The zero-order chi connectivity index (χ0) is 21.4. The van der Waals surface area contributed by atoms with Gasteiger partial charge in [-0.05, 0) is 44.7 Å². The quantitative estimate of drug-likeness (QED) is 0.781. The van der Waals surface area contributed by atoms with Gasteiger partial charge < -0.3 is 24.4 Å². The van der Waals surface area contributed by atoms with Crippen LogP contribution in [0.3, 0.4) is 0 Å². The van der Waals surface area contributed by atoms with Crippen molar-refractivity contribution in [2.75, 3.05) is 57.4 Å². The Labute approximate surface area is 184 Å². The molecule has 0 unspecified atom stereocenters. The average molecular weight is 430 g/mol. The summed E-state index contributed by atoms with van der Waals surface area (Å²) in [7, 11) is 0. The summed E-state index contributed by atoms with van der Waals surface area (Å²) < 4.78 is 11.4. The van der Waals surface area contributed by atoms with Gasteiger partial charge in [0, 0.05) is 57.7 Å². The molecule has 4 aliphatic heterocycles. The fourth-order valence-corrected chi connectivity index (χ4v) is 5.78. The number of carbonyl (C=O) groups is 1. The summed E-state index contributed by atoms with van der Waals surface area (Å²) in [5.74, 6) is 0.111. The lowest BCUT2D eigenvalue weighted by atomic mass is 9.90. The molecular formula is C24H35N3O4. The highest BCUT2D eigenvalue weighted by atomic mass is 16.5. The van der Waals surface area contributed by atoms with E-state index in [-0.39, 0.29) is 30.7 Å². The van der Waals surface area contributed by atoms with Crippen LogP contribution in [-0.2, 0) is 14.3 Å².